The predicted molar refractivity (Wildman–Crippen MR) is 107 cm³/mol. The van der Waals surface area contributed by atoms with Crippen molar-refractivity contribution >= 4 is 28.9 Å². The fraction of sp³-hybridized carbons (Fsp3) is 0.316. The van der Waals surface area contributed by atoms with Gasteiger partial charge in [0.1, 0.15) is 6.04 Å². The summed E-state index contributed by atoms with van der Waals surface area (Å²) < 4.78 is 0. The predicted octanol–water partition coefficient (Wildman–Crippen LogP) is 1.93. The van der Waals surface area contributed by atoms with Crippen molar-refractivity contribution in [2.24, 2.45) is 0 Å². The van der Waals surface area contributed by atoms with Crippen molar-refractivity contribution in [3.8, 4) is 0 Å². The number of quaternary nitrogens is 1. The Labute approximate surface area is 163 Å². The largest absolute Gasteiger partial charge is 0.378 e. The van der Waals surface area contributed by atoms with Crippen LogP contribution in [0.5, 0.6) is 0 Å². The number of nitrogens with zero attached hydrogens (tertiary/aromatic N) is 2. The number of anilines is 1. The quantitative estimate of drug-likeness (QED) is 0.558. The van der Waals surface area contributed by atoms with E-state index in [2.05, 4.69) is 17.4 Å². The third-order valence-corrected chi connectivity index (χ3v) is 4.70. The summed E-state index contributed by atoms with van der Waals surface area (Å²) in [7, 11) is 8.01. The van der Waals surface area contributed by atoms with E-state index >= 15 is 0 Å². The summed E-state index contributed by atoms with van der Waals surface area (Å²) in [5.41, 5.74) is 2.29. The van der Waals surface area contributed by atoms with E-state index in [0.29, 0.717) is 6.54 Å². The summed E-state index contributed by atoms with van der Waals surface area (Å²) in [5.74, 6) is -0.356. The molecule has 144 valence electrons. The lowest BCUT2D eigenvalue weighted by atomic mass is 10.0. The van der Waals surface area contributed by atoms with Crippen molar-refractivity contribution in [3.63, 3.8) is 0 Å². The zero-order valence-corrected chi connectivity index (χ0v) is 16.6. The maximum absolute atomic E-state index is 12.5. The number of benzene rings is 2. The number of hydrogen-bond donors (Lipinski definition) is 2. The van der Waals surface area contributed by atoms with Crippen molar-refractivity contribution in [1.82, 2.24) is 5.32 Å². The fourth-order valence-electron chi connectivity index (χ4n) is 2.75. The molecule has 2 N–H and O–H groups in total. The number of carbonyl (C=O) groups excluding carboxylic acids is 1. The molecular formula is C19H24ClN4O3+. The Bertz CT molecular complexity index is 822. The van der Waals surface area contributed by atoms with Gasteiger partial charge in [0.05, 0.1) is 36.1 Å². The minimum absolute atomic E-state index is 0.0574. The normalized spacial score (nSPS) is 11.9. The molecule has 0 saturated carbocycles. The molecule has 8 heteroatoms. The van der Waals surface area contributed by atoms with E-state index in [4.69, 9.17) is 11.6 Å². The van der Waals surface area contributed by atoms with Gasteiger partial charge in [0.2, 0.25) is 0 Å². The summed E-state index contributed by atoms with van der Waals surface area (Å²) >= 11 is 6.04. The number of non-ortho nitro benzene ring substituents is 1. The smallest absolute Gasteiger partial charge is 0.270 e. The second kappa shape index (κ2) is 8.83. The minimum atomic E-state index is -0.545. The second-order valence-corrected chi connectivity index (χ2v) is 7.15. The third-order valence-electron chi connectivity index (χ3n) is 4.38. The molecule has 0 fully saturated rings. The molecule has 0 aliphatic carbocycles. The standard InChI is InChI=1S/C19H23ClN4O3/c1-22(2)14-7-5-13(6-8-14)18(23(3)4)12-21-19(25)16-10-9-15(24(26)27)11-17(16)20/h5-11,18H,12H2,1-4H3,(H,21,25)/p+1/t18-/m0/s1. The minimum Gasteiger partial charge on any atom is -0.378 e. The molecule has 2 aromatic carbocycles. The van der Waals surface area contributed by atoms with Crippen molar-refractivity contribution in [2.45, 2.75) is 6.04 Å². The van der Waals surface area contributed by atoms with Crippen LogP contribution in [0, 0.1) is 10.1 Å². The van der Waals surface area contributed by atoms with Gasteiger partial charge in [0.25, 0.3) is 11.6 Å². The van der Waals surface area contributed by atoms with E-state index in [1.54, 1.807) is 0 Å². The number of nitrogens with one attached hydrogen (secondary N) is 2. The molecule has 27 heavy (non-hydrogen) atoms. The summed E-state index contributed by atoms with van der Waals surface area (Å²) in [4.78, 5) is 25.9. The molecule has 1 amide bonds. The summed E-state index contributed by atoms with van der Waals surface area (Å²) in [6, 6.07) is 12.1. The Kier molecular flexibility index (Phi) is 6.76. The number of amides is 1. The van der Waals surface area contributed by atoms with Gasteiger partial charge >= 0.3 is 0 Å². The first-order valence-corrected chi connectivity index (χ1v) is 8.88. The lowest BCUT2D eigenvalue weighted by Gasteiger charge is -2.23. The van der Waals surface area contributed by atoms with Crippen molar-refractivity contribution in [2.75, 3.05) is 39.6 Å². The van der Waals surface area contributed by atoms with Crippen molar-refractivity contribution < 1.29 is 14.6 Å². The maximum Gasteiger partial charge on any atom is 0.270 e. The lowest BCUT2D eigenvalue weighted by molar-refractivity contribution is -0.890. The highest BCUT2D eigenvalue weighted by Gasteiger charge is 2.21. The van der Waals surface area contributed by atoms with Crippen LogP contribution in [0.3, 0.4) is 0 Å². The van der Waals surface area contributed by atoms with Crippen LogP contribution < -0.4 is 15.1 Å². The molecule has 0 unspecified atom stereocenters. The number of nitro benzene ring substituents is 1. The van der Waals surface area contributed by atoms with E-state index < -0.39 is 4.92 Å². The molecule has 2 rings (SSSR count). The fourth-order valence-corrected chi connectivity index (χ4v) is 3.01. The van der Waals surface area contributed by atoms with Crippen molar-refractivity contribution in [1.29, 1.82) is 0 Å². The number of nitro groups is 1. The molecule has 0 bridgehead atoms. The third kappa shape index (κ3) is 5.18. The first kappa shape index (κ1) is 20.7. The number of carbonyl (C=O) groups is 1. The zero-order chi connectivity index (χ0) is 20.1. The van der Waals surface area contributed by atoms with Gasteiger partial charge in [-0.15, -0.1) is 0 Å². The summed E-state index contributed by atoms with van der Waals surface area (Å²) in [6.45, 7) is 0.412. The molecule has 0 spiro atoms. The zero-order valence-electron chi connectivity index (χ0n) is 15.8. The van der Waals surface area contributed by atoms with Gasteiger partial charge in [-0.25, -0.2) is 0 Å². The number of halogens is 1. The van der Waals surface area contributed by atoms with Gasteiger partial charge in [-0.2, -0.15) is 0 Å². The van der Waals surface area contributed by atoms with Crippen LogP contribution in [-0.2, 0) is 0 Å². The van der Waals surface area contributed by atoms with Crippen LogP contribution in [0.25, 0.3) is 0 Å². The van der Waals surface area contributed by atoms with Crippen LogP contribution in [0.1, 0.15) is 22.0 Å². The van der Waals surface area contributed by atoms with Gasteiger partial charge in [0.15, 0.2) is 0 Å². The Morgan fingerprint density at radius 3 is 2.33 bits per heavy atom. The first-order valence-electron chi connectivity index (χ1n) is 8.50. The highest BCUT2D eigenvalue weighted by atomic mass is 35.5. The molecule has 0 aliphatic rings. The van der Waals surface area contributed by atoms with E-state index in [1.807, 2.05) is 45.2 Å². The van der Waals surface area contributed by atoms with Crippen LogP contribution >= 0.6 is 11.6 Å². The first-order chi connectivity index (χ1) is 12.7. The van der Waals surface area contributed by atoms with Gasteiger partial charge < -0.3 is 15.1 Å². The monoisotopic (exact) mass is 391 g/mol. The lowest BCUT2D eigenvalue weighted by Crippen LogP contribution is -3.07. The SMILES string of the molecule is CN(C)c1ccc([C@H](CNC(=O)c2ccc([N+](=O)[O-])cc2Cl)[NH+](C)C)cc1. The second-order valence-electron chi connectivity index (χ2n) is 6.75. The summed E-state index contributed by atoms with van der Waals surface area (Å²) in [6.07, 6.45) is 0. The average Bonchev–Trinajstić information content (AvgIpc) is 2.61. The molecule has 0 aliphatic heterocycles. The molecule has 0 saturated heterocycles. The van der Waals surface area contributed by atoms with Crippen LogP contribution in [0.4, 0.5) is 11.4 Å². The molecule has 7 nitrogen and oxygen atoms in total. The van der Waals surface area contributed by atoms with Crippen LogP contribution in [0.15, 0.2) is 42.5 Å². The molecule has 0 heterocycles. The highest BCUT2D eigenvalue weighted by Crippen LogP contribution is 2.22. The van der Waals surface area contributed by atoms with Crippen molar-refractivity contribution in [3.05, 3.63) is 68.7 Å². The highest BCUT2D eigenvalue weighted by molar-refractivity contribution is 6.34. The Balaban J connectivity index is 2.11. The van der Waals surface area contributed by atoms with E-state index in [-0.39, 0.29) is 28.2 Å². The molecular weight excluding hydrogens is 368 g/mol. The van der Waals surface area contributed by atoms with E-state index in [9.17, 15) is 14.9 Å². The molecule has 2 aromatic rings. The van der Waals surface area contributed by atoms with Crippen LogP contribution in [0.2, 0.25) is 5.02 Å². The molecule has 1 atom stereocenters. The van der Waals surface area contributed by atoms with Gasteiger partial charge in [0, 0.05) is 37.5 Å². The number of rotatable bonds is 7. The Hall–Kier alpha value is -2.64. The maximum atomic E-state index is 12.5. The topological polar surface area (TPSA) is 79.9 Å². The van der Waals surface area contributed by atoms with E-state index in [0.717, 1.165) is 11.3 Å². The van der Waals surface area contributed by atoms with Gasteiger partial charge in [-0.3, -0.25) is 14.9 Å². The Morgan fingerprint density at radius 1 is 1.22 bits per heavy atom. The van der Waals surface area contributed by atoms with E-state index in [1.165, 1.54) is 23.1 Å². The molecule has 0 aromatic heterocycles. The summed E-state index contributed by atoms with van der Waals surface area (Å²) in [5, 5.41) is 13.7. The molecule has 0 radical (unpaired) electrons. The Morgan fingerprint density at radius 2 is 1.85 bits per heavy atom. The van der Waals surface area contributed by atoms with Gasteiger partial charge in [-0.05, 0) is 18.2 Å². The number of likely N-dealkylation sites (N-methyl/N-ethyl adjacent to an activating group) is 1. The number of hydrogen-bond acceptors (Lipinski definition) is 4. The van der Waals surface area contributed by atoms with Crippen LogP contribution in [-0.4, -0.2) is 45.6 Å². The average molecular weight is 392 g/mol. The van der Waals surface area contributed by atoms with Gasteiger partial charge in [-0.1, -0.05) is 23.7 Å².